The zero-order chi connectivity index (χ0) is 33.8. The van der Waals surface area contributed by atoms with Gasteiger partial charge in [0.2, 0.25) is 5.91 Å². The third kappa shape index (κ3) is 12.3. The highest BCUT2D eigenvalue weighted by Crippen LogP contribution is 2.45. The lowest BCUT2D eigenvalue weighted by atomic mass is 10.1. The first kappa shape index (κ1) is 38.6. The van der Waals surface area contributed by atoms with Gasteiger partial charge in [0.1, 0.15) is 31.2 Å². The second kappa shape index (κ2) is 18.5. The Balaban J connectivity index is 2.42. The zero-order valence-electron chi connectivity index (χ0n) is 27.2. The molecule has 1 aromatic heterocycles. The maximum atomic E-state index is 13.1. The van der Waals surface area contributed by atoms with Crippen molar-refractivity contribution in [2.45, 2.75) is 98.5 Å². The Morgan fingerprint density at radius 2 is 1.58 bits per heavy atom. The molecule has 0 spiro atoms. The topological polar surface area (TPSA) is 189 Å². The fourth-order valence-electron chi connectivity index (χ4n) is 4.62. The lowest BCUT2D eigenvalue weighted by Gasteiger charge is -2.40. The molecule has 0 radical (unpaired) electrons. The van der Waals surface area contributed by atoms with Crippen LogP contribution in [0.25, 0.3) is 0 Å². The molecule has 17 nitrogen and oxygen atoms in total. The van der Waals surface area contributed by atoms with Gasteiger partial charge < -0.3 is 43.2 Å². The summed E-state index contributed by atoms with van der Waals surface area (Å²) < 4.78 is 42.5. The molecule has 1 saturated heterocycles. The van der Waals surface area contributed by atoms with Gasteiger partial charge in [-0.25, -0.2) is 9.80 Å². The highest BCUT2D eigenvalue weighted by Gasteiger charge is 2.49. The highest BCUT2D eigenvalue weighted by molar-refractivity contribution is 7.43. The summed E-state index contributed by atoms with van der Waals surface area (Å²) in [6.07, 6.45) is -2.58. The molecule has 5 atom stereocenters. The first-order chi connectivity index (χ1) is 21.1. The van der Waals surface area contributed by atoms with Gasteiger partial charge in [-0.15, -0.1) is 0 Å². The fraction of sp³-hybridized carbons (Fsp3) is 0.741. The predicted octanol–water partition coefficient (Wildman–Crippen LogP) is 1.52. The predicted molar refractivity (Wildman–Crippen MR) is 160 cm³/mol. The van der Waals surface area contributed by atoms with Crippen molar-refractivity contribution in [3.8, 4) is 0 Å². The van der Waals surface area contributed by atoms with Gasteiger partial charge in [0.15, 0.2) is 6.23 Å². The van der Waals surface area contributed by atoms with Crippen molar-refractivity contribution in [3.05, 3.63) is 22.7 Å². The van der Waals surface area contributed by atoms with Crippen LogP contribution in [-0.4, -0.2) is 112 Å². The van der Waals surface area contributed by atoms with Crippen molar-refractivity contribution in [3.63, 3.8) is 0 Å². The molecule has 0 saturated carbocycles. The second-order valence-corrected chi connectivity index (χ2v) is 11.9. The molecule has 2 heterocycles. The molecule has 1 unspecified atom stereocenters. The van der Waals surface area contributed by atoms with Gasteiger partial charge in [-0.2, -0.15) is 9.76 Å². The van der Waals surface area contributed by atoms with E-state index in [2.05, 4.69) is 10.3 Å². The quantitative estimate of drug-likeness (QED) is 0.0755. The van der Waals surface area contributed by atoms with Gasteiger partial charge in [-0.05, 0) is 40.7 Å². The van der Waals surface area contributed by atoms with Crippen LogP contribution in [0.15, 0.2) is 17.1 Å². The summed E-state index contributed by atoms with van der Waals surface area (Å²) in [5.41, 5.74) is -0.759. The van der Waals surface area contributed by atoms with Gasteiger partial charge in [0.05, 0.1) is 19.3 Å². The lowest BCUT2D eigenvalue weighted by molar-refractivity contribution is -0.320. The normalized spacial score (nSPS) is 20.8. The molecule has 0 aliphatic carbocycles. The van der Waals surface area contributed by atoms with Gasteiger partial charge in [-0.3, -0.25) is 19.0 Å². The smallest absolute Gasteiger partial charge is 0.351 e. The molecule has 1 aliphatic rings. The molecule has 2 N–H and O–H groups in total. The molecule has 1 fully saturated rings. The number of carbonyl (C=O) groups is 3. The minimum Gasteiger partial charge on any atom is -0.463 e. The minimum absolute atomic E-state index is 0.0418. The molecule has 1 amide bonds. The molecule has 1 aromatic rings. The molecule has 0 bridgehead atoms. The van der Waals surface area contributed by atoms with Crippen LogP contribution in [0.5, 0.6) is 0 Å². The highest BCUT2D eigenvalue weighted by atomic mass is 31.2. The number of rotatable bonds is 18. The first-order valence-electron chi connectivity index (χ1n) is 14.5. The lowest BCUT2D eigenvalue weighted by Crippen LogP contribution is -2.47. The summed E-state index contributed by atoms with van der Waals surface area (Å²) in [6.45, 7) is 11.5. The van der Waals surface area contributed by atoms with Crippen LogP contribution in [0.4, 0.5) is 5.82 Å². The average molecular weight is 664 g/mol. The first-order valence-corrected chi connectivity index (χ1v) is 15.6. The van der Waals surface area contributed by atoms with Crippen molar-refractivity contribution in [1.29, 1.82) is 0 Å². The number of nitrogens with zero attached hydrogens (tertiary/aromatic N) is 4. The van der Waals surface area contributed by atoms with E-state index in [-0.39, 0.29) is 44.3 Å². The molecular weight excluding hydrogens is 617 g/mol. The second-order valence-electron chi connectivity index (χ2n) is 10.6. The van der Waals surface area contributed by atoms with Crippen molar-refractivity contribution in [1.82, 2.24) is 19.3 Å². The van der Waals surface area contributed by atoms with E-state index in [0.717, 1.165) is 4.57 Å². The Kier molecular flexibility index (Phi) is 15.9. The van der Waals surface area contributed by atoms with Crippen LogP contribution >= 0.6 is 8.53 Å². The standard InChI is InChI=1S/C27H46N5O12P/c1-16(2)32(17(3)4)30(9)45(37)44-23-18(5)42-25(31-11-10-22(28-19(6)33)29-26(31)36)24(23)43-27(40-14-12-38-20(7)34)41-15-13-39-21(8)35/h10-11,16-18,23-25,27,37H,12-15H2,1-9H3,(H,28,29,33,36)/t18-,23-,24-,25-,45?/m1/s1. The van der Waals surface area contributed by atoms with Gasteiger partial charge in [-0.1, -0.05) is 0 Å². The number of anilines is 1. The van der Waals surface area contributed by atoms with E-state index in [4.69, 9.17) is 32.9 Å². The van der Waals surface area contributed by atoms with Crippen LogP contribution in [0.3, 0.4) is 0 Å². The van der Waals surface area contributed by atoms with Crippen LogP contribution in [0.1, 0.15) is 61.6 Å². The molecule has 256 valence electrons. The molecule has 0 aromatic carbocycles. The Labute approximate surface area is 263 Å². The van der Waals surface area contributed by atoms with Gasteiger partial charge in [0, 0.05) is 46.1 Å². The third-order valence-corrected chi connectivity index (χ3v) is 7.37. The maximum absolute atomic E-state index is 13.1. The van der Waals surface area contributed by atoms with E-state index in [1.165, 1.54) is 33.0 Å². The summed E-state index contributed by atoms with van der Waals surface area (Å²) in [6, 6.07) is 1.50. The van der Waals surface area contributed by atoms with Crippen molar-refractivity contribution in [2.75, 3.05) is 38.8 Å². The number of amides is 1. The van der Waals surface area contributed by atoms with E-state index in [0.29, 0.717) is 0 Å². The third-order valence-electron chi connectivity index (χ3n) is 6.24. The Morgan fingerprint density at radius 1 is 1.02 bits per heavy atom. The number of aromatic nitrogens is 2. The van der Waals surface area contributed by atoms with Crippen LogP contribution < -0.4 is 11.0 Å². The Bertz CT molecular complexity index is 1140. The Hall–Kier alpha value is -2.60. The monoisotopic (exact) mass is 663 g/mol. The molecule has 45 heavy (non-hydrogen) atoms. The Morgan fingerprint density at radius 3 is 2.04 bits per heavy atom. The van der Waals surface area contributed by atoms with E-state index in [1.807, 2.05) is 32.7 Å². The van der Waals surface area contributed by atoms with Crippen molar-refractivity contribution >= 4 is 32.2 Å². The largest absolute Gasteiger partial charge is 0.463 e. The summed E-state index contributed by atoms with van der Waals surface area (Å²) >= 11 is 0. The number of nitrogens with one attached hydrogen (secondary N) is 1. The number of carbonyl (C=O) groups excluding carboxylic acids is 3. The number of hydrogen-bond acceptors (Lipinski definition) is 15. The van der Waals surface area contributed by atoms with Crippen LogP contribution in [0.2, 0.25) is 0 Å². The molecule has 18 heteroatoms. The van der Waals surface area contributed by atoms with E-state index in [1.54, 1.807) is 18.8 Å². The molecule has 2 rings (SSSR count). The number of hydrazine groups is 1. The average Bonchev–Trinajstić information content (AvgIpc) is 3.21. The maximum Gasteiger partial charge on any atom is 0.351 e. The van der Waals surface area contributed by atoms with Crippen molar-refractivity contribution in [2.24, 2.45) is 0 Å². The number of ether oxygens (including phenoxy) is 6. The van der Waals surface area contributed by atoms with E-state index >= 15 is 0 Å². The SMILES string of the molecule is CC(=O)Nc1ccn([C@@H]2O[C@H](C)[C@@H](OP(O)N(C)N(C(C)C)C(C)C)[C@H]2OC(OCCOC(C)=O)OCCOC(C)=O)c(=O)n1. The van der Waals surface area contributed by atoms with Crippen molar-refractivity contribution < 1.29 is 52.2 Å². The number of hydrogen-bond donors (Lipinski definition) is 2. The summed E-state index contributed by atoms with van der Waals surface area (Å²) in [4.78, 5) is 62.1. The van der Waals surface area contributed by atoms with Gasteiger partial charge >= 0.3 is 17.6 Å². The minimum atomic E-state index is -2.24. The van der Waals surface area contributed by atoms with E-state index < -0.39 is 63.1 Å². The van der Waals surface area contributed by atoms with Crippen LogP contribution in [0, 0.1) is 0 Å². The molecule has 1 aliphatic heterocycles. The molecular formula is C27H46N5O12P. The van der Waals surface area contributed by atoms with Crippen LogP contribution in [-0.2, 0) is 47.3 Å². The van der Waals surface area contributed by atoms with E-state index in [9.17, 15) is 24.1 Å². The van der Waals surface area contributed by atoms with Gasteiger partial charge in [0.25, 0.3) is 15.0 Å². The zero-order valence-corrected chi connectivity index (χ0v) is 28.1. The summed E-state index contributed by atoms with van der Waals surface area (Å²) in [5, 5.41) is 4.40. The fourth-order valence-corrected chi connectivity index (χ4v) is 5.85. The summed E-state index contributed by atoms with van der Waals surface area (Å²) in [7, 11) is -0.534. The number of esters is 2. The summed E-state index contributed by atoms with van der Waals surface area (Å²) in [5.74, 6) is -1.38.